The van der Waals surface area contributed by atoms with E-state index in [2.05, 4.69) is 43.4 Å². The van der Waals surface area contributed by atoms with Gasteiger partial charge in [-0.05, 0) is 59.7 Å². The number of amides is 1. The predicted octanol–water partition coefficient (Wildman–Crippen LogP) is 2.37. The number of anilines is 1. The Bertz CT molecular complexity index is 602. The number of benzene rings is 1. The number of aromatic amines is 1. The van der Waals surface area contributed by atoms with E-state index in [4.69, 9.17) is 0 Å². The lowest BCUT2D eigenvalue weighted by atomic mass is 10.1. The summed E-state index contributed by atoms with van der Waals surface area (Å²) in [5.41, 5.74) is 1.95. The summed E-state index contributed by atoms with van der Waals surface area (Å²) in [6.45, 7) is 0.909. The largest absolute Gasteiger partial charge is 0.308 e. The minimum atomic E-state index is -0.0894. The van der Waals surface area contributed by atoms with Gasteiger partial charge in [-0.3, -0.25) is 9.89 Å². The number of nitrogens with zero attached hydrogens (tertiary/aromatic N) is 1. The second kappa shape index (κ2) is 5.92. The molecule has 1 amide bonds. The molecule has 0 radical (unpaired) electrons. The third-order valence-electron chi connectivity index (χ3n) is 3.36. The average molecular weight is 382 g/mol. The van der Waals surface area contributed by atoms with E-state index < -0.39 is 0 Å². The van der Waals surface area contributed by atoms with E-state index in [1.54, 1.807) is 0 Å². The molecule has 0 bridgehead atoms. The first-order chi connectivity index (χ1) is 9.72. The van der Waals surface area contributed by atoms with Gasteiger partial charge in [-0.25, -0.2) is 0 Å². The van der Waals surface area contributed by atoms with Crippen molar-refractivity contribution in [3.8, 4) is 11.3 Å². The monoisotopic (exact) mass is 382 g/mol. The maximum absolute atomic E-state index is 12.0. The molecule has 1 atom stereocenters. The van der Waals surface area contributed by atoms with Crippen LogP contribution >= 0.6 is 22.6 Å². The molecule has 104 valence electrons. The van der Waals surface area contributed by atoms with Crippen LogP contribution in [0.4, 0.5) is 5.82 Å². The summed E-state index contributed by atoms with van der Waals surface area (Å²) in [7, 11) is 0. The topological polar surface area (TPSA) is 69.8 Å². The zero-order valence-electron chi connectivity index (χ0n) is 10.8. The van der Waals surface area contributed by atoms with Crippen LogP contribution in [-0.2, 0) is 4.79 Å². The van der Waals surface area contributed by atoms with Crippen LogP contribution in [0.3, 0.4) is 0 Å². The zero-order valence-corrected chi connectivity index (χ0v) is 13.0. The van der Waals surface area contributed by atoms with E-state index in [9.17, 15) is 4.79 Å². The van der Waals surface area contributed by atoms with Gasteiger partial charge < -0.3 is 10.6 Å². The van der Waals surface area contributed by atoms with E-state index in [1.165, 1.54) is 3.57 Å². The van der Waals surface area contributed by atoms with Gasteiger partial charge in [0.05, 0.1) is 11.7 Å². The molecule has 20 heavy (non-hydrogen) atoms. The molecule has 1 aliphatic heterocycles. The Kier molecular flexibility index (Phi) is 4.02. The standard InChI is InChI=1S/C14H15IN4O/c15-10-5-3-9(4-6-10)12-8-13(19-18-12)17-14(20)11-2-1-7-16-11/h3-6,8,11,16H,1-2,7H2,(H2,17,18,19,20). The fourth-order valence-corrected chi connectivity index (χ4v) is 2.64. The molecule has 3 rings (SSSR count). The molecule has 0 spiro atoms. The van der Waals surface area contributed by atoms with Crippen LogP contribution in [0.25, 0.3) is 11.3 Å². The molecule has 3 N–H and O–H groups in total. The Morgan fingerprint density at radius 3 is 2.85 bits per heavy atom. The molecule has 1 unspecified atom stereocenters. The number of hydrogen-bond donors (Lipinski definition) is 3. The number of hydrogen-bond acceptors (Lipinski definition) is 3. The van der Waals surface area contributed by atoms with E-state index >= 15 is 0 Å². The average Bonchev–Trinajstić information content (AvgIpc) is 3.10. The summed E-state index contributed by atoms with van der Waals surface area (Å²) in [5, 5.41) is 13.1. The van der Waals surface area contributed by atoms with E-state index in [0.717, 1.165) is 30.6 Å². The van der Waals surface area contributed by atoms with Crippen LogP contribution in [0.5, 0.6) is 0 Å². The van der Waals surface area contributed by atoms with Crippen LogP contribution in [0, 0.1) is 3.57 Å². The molecule has 6 heteroatoms. The summed E-state index contributed by atoms with van der Waals surface area (Å²) in [5.74, 6) is 0.556. The summed E-state index contributed by atoms with van der Waals surface area (Å²) in [6.07, 6.45) is 1.94. The van der Waals surface area contributed by atoms with Gasteiger partial charge in [-0.1, -0.05) is 12.1 Å². The van der Waals surface area contributed by atoms with Crippen molar-refractivity contribution < 1.29 is 4.79 Å². The highest BCUT2D eigenvalue weighted by Gasteiger charge is 2.22. The first kappa shape index (κ1) is 13.6. The van der Waals surface area contributed by atoms with Gasteiger partial charge in [0.2, 0.25) is 5.91 Å². The highest BCUT2D eigenvalue weighted by atomic mass is 127. The smallest absolute Gasteiger partial charge is 0.242 e. The van der Waals surface area contributed by atoms with Crippen molar-refractivity contribution in [1.29, 1.82) is 0 Å². The number of carbonyl (C=O) groups is 1. The Morgan fingerprint density at radius 2 is 2.15 bits per heavy atom. The van der Waals surface area contributed by atoms with Crippen molar-refractivity contribution in [1.82, 2.24) is 15.5 Å². The summed E-state index contributed by atoms with van der Waals surface area (Å²) in [4.78, 5) is 12.0. The summed E-state index contributed by atoms with van der Waals surface area (Å²) in [6, 6.07) is 9.90. The molecule has 2 heterocycles. The van der Waals surface area contributed by atoms with Crippen LogP contribution < -0.4 is 10.6 Å². The van der Waals surface area contributed by atoms with Crippen LogP contribution in [0.1, 0.15) is 12.8 Å². The van der Waals surface area contributed by atoms with Crippen LogP contribution in [-0.4, -0.2) is 28.7 Å². The molecular weight excluding hydrogens is 367 g/mol. The Labute approximate surface area is 130 Å². The van der Waals surface area contributed by atoms with Crippen molar-refractivity contribution in [3.63, 3.8) is 0 Å². The van der Waals surface area contributed by atoms with Gasteiger partial charge in [0.15, 0.2) is 5.82 Å². The minimum absolute atomic E-state index is 0.0110. The molecule has 2 aromatic rings. The maximum Gasteiger partial charge on any atom is 0.242 e. The van der Waals surface area contributed by atoms with Gasteiger partial charge in [-0.2, -0.15) is 5.10 Å². The Balaban J connectivity index is 1.70. The fraction of sp³-hybridized carbons (Fsp3) is 0.286. The van der Waals surface area contributed by atoms with E-state index in [0.29, 0.717) is 5.82 Å². The number of halogens is 1. The zero-order chi connectivity index (χ0) is 13.9. The second-order valence-corrected chi connectivity index (χ2v) is 6.06. The second-order valence-electron chi connectivity index (χ2n) is 4.81. The highest BCUT2D eigenvalue weighted by Crippen LogP contribution is 2.21. The van der Waals surface area contributed by atoms with Crippen molar-refractivity contribution in [2.75, 3.05) is 11.9 Å². The maximum atomic E-state index is 12.0. The lowest BCUT2D eigenvalue weighted by molar-refractivity contribution is -0.117. The third-order valence-corrected chi connectivity index (χ3v) is 4.08. The summed E-state index contributed by atoms with van der Waals surface area (Å²) >= 11 is 2.27. The number of aromatic nitrogens is 2. The van der Waals surface area contributed by atoms with Crippen LogP contribution in [0.15, 0.2) is 30.3 Å². The molecule has 1 aliphatic rings. The molecule has 0 aliphatic carbocycles. The minimum Gasteiger partial charge on any atom is -0.308 e. The normalized spacial score (nSPS) is 18.1. The lowest BCUT2D eigenvalue weighted by Crippen LogP contribution is -2.35. The van der Waals surface area contributed by atoms with Crippen molar-refractivity contribution >= 4 is 34.3 Å². The summed E-state index contributed by atoms with van der Waals surface area (Å²) < 4.78 is 1.19. The number of rotatable bonds is 3. The van der Waals surface area contributed by atoms with Gasteiger partial charge >= 0.3 is 0 Å². The van der Waals surface area contributed by atoms with Gasteiger partial charge in [0, 0.05) is 9.64 Å². The molecule has 0 saturated carbocycles. The molecule has 5 nitrogen and oxygen atoms in total. The van der Waals surface area contributed by atoms with E-state index in [-0.39, 0.29) is 11.9 Å². The Hall–Kier alpha value is -1.41. The van der Waals surface area contributed by atoms with Crippen molar-refractivity contribution in [2.45, 2.75) is 18.9 Å². The van der Waals surface area contributed by atoms with Crippen molar-refractivity contribution in [3.05, 3.63) is 33.9 Å². The number of nitrogens with one attached hydrogen (secondary N) is 3. The van der Waals surface area contributed by atoms with Crippen LogP contribution in [0.2, 0.25) is 0 Å². The van der Waals surface area contributed by atoms with E-state index in [1.807, 2.05) is 30.3 Å². The first-order valence-corrected chi connectivity index (χ1v) is 7.66. The SMILES string of the molecule is O=C(Nc1cc(-c2ccc(I)cc2)[nH]n1)C1CCCN1. The third kappa shape index (κ3) is 3.01. The predicted molar refractivity (Wildman–Crippen MR) is 86.4 cm³/mol. The fourth-order valence-electron chi connectivity index (χ4n) is 2.28. The number of carbonyl (C=O) groups excluding carboxylic acids is 1. The lowest BCUT2D eigenvalue weighted by Gasteiger charge is -2.08. The molecule has 1 aromatic heterocycles. The number of H-pyrrole nitrogens is 1. The molecule has 1 aromatic carbocycles. The van der Waals surface area contributed by atoms with Crippen molar-refractivity contribution in [2.24, 2.45) is 0 Å². The molecular formula is C14H15IN4O. The molecule has 1 saturated heterocycles. The van der Waals surface area contributed by atoms with Gasteiger partial charge in [-0.15, -0.1) is 0 Å². The first-order valence-electron chi connectivity index (χ1n) is 6.58. The Morgan fingerprint density at radius 1 is 1.35 bits per heavy atom. The molecule has 1 fully saturated rings. The van der Waals surface area contributed by atoms with Gasteiger partial charge in [0.1, 0.15) is 0 Å². The quantitative estimate of drug-likeness (QED) is 0.714. The van der Waals surface area contributed by atoms with Gasteiger partial charge in [0.25, 0.3) is 0 Å². The highest BCUT2D eigenvalue weighted by molar-refractivity contribution is 14.1.